The molecule has 10 nitrogen and oxygen atoms in total. The standard InChI is InChI=1S/C28H34FN5O5/c29-22-7-5-21(6-8-22)27(35)33-18-24(16-26(33)28(36)31-13-11-30-12-14-31)32(19-25-2-1-15-39-25)17-20-3-9-23(10-4-20)34(37)38/h3-10,24-26,30H,1-2,11-19H2. The molecular formula is C28H34FN5O5. The molecule has 39 heavy (non-hydrogen) atoms. The molecule has 2 aromatic carbocycles. The number of amides is 2. The number of ether oxygens (including phenoxy) is 1. The van der Waals surface area contributed by atoms with Gasteiger partial charge in [0.05, 0.1) is 11.0 Å². The Balaban J connectivity index is 1.40. The van der Waals surface area contributed by atoms with Crippen molar-refractivity contribution in [2.75, 3.05) is 45.9 Å². The summed E-state index contributed by atoms with van der Waals surface area (Å²) in [6.45, 7) is 4.78. The van der Waals surface area contributed by atoms with Gasteiger partial charge in [-0.2, -0.15) is 0 Å². The van der Waals surface area contributed by atoms with E-state index in [4.69, 9.17) is 4.74 Å². The number of nitrogens with zero attached hydrogens (tertiary/aromatic N) is 4. The Labute approximate surface area is 226 Å². The fourth-order valence-electron chi connectivity index (χ4n) is 5.74. The van der Waals surface area contributed by atoms with Gasteiger partial charge in [-0.1, -0.05) is 12.1 Å². The van der Waals surface area contributed by atoms with Crippen LogP contribution >= 0.6 is 0 Å². The molecule has 0 spiro atoms. The number of carbonyl (C=O) groups is 2. The third-order valence-corrected chi connectivity index (χ3v) is 7.86. The molecule has 2 aromatic rings. The molecule has 11 heteroatoms. The van der Waals surface area contributed by atoms with Gasteiger partial charge in [-0.05, 0) is 49.1 Å². The first kappa shape index (κ1) is 27.2. The minimum Gasteiger partial charge on any atom is -0.377 e. The molecular weight excluding hydrogens is 505 g/mol. The van der Waals surface area contributed by atoms with Crippen molar-refractivity contribution < 1.29 is 23.6 Å². The maximum Gasteiger partial charge on any atom is 0.269 e. The monoisotopic (exact) mass is 539 g/mol. The molecule has 3 saturated heterocycles. The average Bonchev–Trinajstić information content (AvgIpc) is 3.64. The van der Waals surface area contributed by atoms with Crippen molar-refractivity contribution in [3.63, 3.8) is 0 Å². The summed E-state index contributed by atoms with van der Waals surface area (Å²) in [5.74, 6) is -0.787. The lowest BCUT2D eigenvalue weighted by Gasteiger charge is -2.32. The number of hydrogen-bond donors (Lipinski definition) is 1. The fourth-order valence-corrected chi connectivity index (χ4v) is 5.74. The molecule has 3 aliphatic heterocycles. The van der Waals surface area contributed by atoms with Crippen LogP contribution in [0.1, 0.15) is 35.2 Å². The van der Waals surface area contributed by atoms with Gasteiger partial charge < -0.3 is 19.9 Å². The highest BCUT2D eigenvalue weighted by atomic mass is 19.1. The molecule has 0 radical (unpaired) electrons. The summed E-state index contributed by atoms with van der Waals surface area (Å²) < 4.78 is 19.5. The summed E-state index contributed by atoms with van der Waals surface area (Å²) in [4.78, 5) is 43.7. The molecule has 0 aliphatic carbocycles. The third-order valence-electron chi connectivity index (χ3n) is 7.86. The maximum atomic E-state index is 13.7. The molecule has 3 atom stereocenters. The quantitative estimate of drug-likeness (QED) is 0.406. The number of rotatable bonds is 8. The van der Waals surface area contributed by atoms with Crippen LogP contribution in [0.25, 0.3) is 0 Å². The number of hydrogen-bond acceptors (Lipinski definition) is 7. The summed E-state index contributed by atoms with van der Waals surface area (Å²) in [5, 5.41) is 14.4. The van der Waals surface area contributed by atoms with Gasteiger partial charge >= 0.3 is 0 Å². The highest BCUT2D eigenvalue weighted by Crippen LogP contribution is 2.29. The lowest BCUT2D eigenvalue weighted by Crippen LogP contribution is -2.53. The third kappa shape index (κ3) is 6.43. The zero-order valence-corrected chi connectivity index (χ0v) is 21.8. The van der Waals surface area contributed by atoms with E-state index in [9.17, 15) is 24.1 Å². The molecule has 1 N–H and O–H groups in total. The fraction of sp³-hybridized carbons (Fsp3) is 0.500. The van der Waals surface area contributed by atoms with Crippen LogP contribution in [0.3, 0.4) is 0 Å². The van der Waals surface area contributed by atoms with Crippen LogP contribution in [0.5, 0.6) is 0 Å². The number of benzene rings is 2. The number of nitro benzene ring substituents is 1. The maximum absolute atomic E-state index is 13.7. The topological polar surface area (TPSA) is 108 Å². The Hall–Kier alpha value is -3.41. The molecule has 0 bridgehead atoms. The first-order valence-corrected chi connectivity index (χ1v) is 13.5. The summed E-state index contributed by atoms with van der Waals surface area (Å²) in [5.41, 5.74) is 1.28. The van der Waals surface area contributed by atoms with Crippen molar-refractivity contribution in [2.24, 2.45) is 0 Å². The summed E-state index contributed by atoms with van der Waals surface area (Å²) in [6, 6.07) is 11.2. The van der Waals surface area contributed by atoms with E-state index in [0.717, 1.165) is 18.4 Å². The number of likely N-dealkylation sites (tertiary alicyclic amines) is 1. The van der Waals surface area contributed by atoms with E-state index in [1.165, 1.54) is 36.4 Å². The second kappa shape index (κ2) is 12.2. The van der Waals surface area contributed by atoms with E-state index in [1.54, 1.807) is 17.0 Å². The van der Waals surface area contributed by atoms with Crippen LogP contribution in [0.4, 0.5) is 10.1 Å². The summed E-state index contributed by atoms with van der Waals surface area (Å²) in [7, 11) is 0. The number of halogens is 1. The minimum atomic E-state index is -0.630. The number of nitrogens with one attached hydrogen (secondary N) is 1. The van der Waals surface area contributed by atoms with Crippen molar-refractivity contribution in [3.05, 3.63) is 75.6 Å². The summed E-state index contributed by atoms with van der Waals surface area (Å²) in [6.07, 6.45) is 2.44. The van der Waals surface area contributed by atoms with Gasteiger partial charge in [-0.3, -0.25) is 24.6 Å². The molecule has 2 amide bonds. The molecule has 3 unspecified atom stereocenters. The Kier molecular flexibility index (Phi) is 8.49. The van der Waals surface area contributed by atoms with Gasteiger partial charge in [0.25, 0.3) is 11.6 Å². The van der Waals surface area contributed by atoms with Gasteiger partial charge in [-0.15, -0.1) is 0 Å². The van der Waals surface area contributed by atoms with Gasteiger partial charge in [0.2, 0.25) is 5.91 Å². The van der Waals surface area contributed by atoms with Crippen molar-refractivity contribution in [3.8, 4) is 0 Å². The van der Waals surface area contributed by atoms with Gasteiger partial charge in [0, 0.05) is 76.2 Å². The van der Waals surface area contributed by atoms with Gasteiger partial charge in [0.15, 0.2) is 0 Å². The molecule has 3 heterocycles. The van der Waals surface area contributed by atoms with Crippen molar-refractivity contribution in [1.29, 1.82) is 0 Å². The number of non-ortho nitro benzene ring substituents is 1. The summed E-state index contributed by atoms with van der Waals surface area (Å²) >= 11 is 0. The zero-order chi connectivity index (χ0) is 27.4. The smallest absolute Gasteiger partial charge is 0.269 e. The second-order valence-corrected chi connectivity index (χ2v) is 10.4. The van der Waals surface area contributed by atoms with Crippen LogP contribution in [-0.4, -0.2) is 95.5 Å². The number of carbonyl (C=O) groups excluding carboxylic acids is 2. The first-order chi connectivity index (χ1) is 18.9. The average molecular weight is 540 g/mol. The molecule has 3 fully saturated rings. The Bertz CT molecular complexity index is 1170. The number of piperazine rings is 1. The van der Waals surface area contributed by atoms with Crippen LogP contribution in [0, 0.1) is 15.9 Å². The van der Waals surface area contributed by atoms with Gasteiger partial charge in [0.1, 0.15) is 11.9 Å². The van der Waals surface area contributed by atoms with Crippen LogP contribution in [0.2, 0.25) is 0 Å². The Morgan fingerprint density at radius 3 is 2.46 bits per heavy atom. The number of nitro groups is 1. The van der Waals surface area contributed by atoms with Crippen LogP contribution in [0.15, 0.2) is 48.5 Å². The van der Waals surface area contributed by atoms with E-state index in [-0.39, 0.29) is 29.6 Å². The minimum absolute atomic E-state index is 0.0306. The SMILES string of the molecule is O=C(C1CC(N(Cc2ccc([N+](=O)[O-])cc2)CC2CCCO2)CN1C(=O)c1ccc(F)cc1)N1CCNCC1. The normalized spacial score (nSPS) is 23.4. The first-order valence-electron chi connectivity index (χ1n) is 13.5. The van der Waals surface area contributed by atoms with Crippen molar-refractivity contribution in [1.82, 2.24) is 20.0 Å². The zero-order valence-electron chi connectivity index (χ0n) is 21.8. The molecule has 5 rings (SSSR count). The molecule has 0 aromatic heterocycles. The van der Waals surface area contributed by atoms with Crippen LogP contribution in [-0.2, 0) is 16.1 Å². The lowest BCUT2D eigenvalue weighted by atomic mass is 10.1. The molecule has 0 saturated carbocycles. The van der Waals surface area contributed by atoms with Crippen LogP contribution < -0.4 is 5.32 Å². The van der Waals surface area contributed by atoms with E-state index in [1.807, 2.05) is 4.90 Å². The predicted molar refractivity (Wildman–Crippen MR) is 142 cm³/mol. The molecule has 208 valence electrons. The largest absolute Gasteiger partial charge is 0.377 e. The van der Waals surface area contributed by atoms with Crippen molar-refractivity contribution >= 4 is 17.5 Å². The van der Waals surface area contributed by atoms with Crippen molar-refractivity contribution in [2.45, 2.75) is 44.0 Å². The second-order valence-electron chi connectivity index (χ2n) is 10.4. The highest BCUT2D eigenvalue weighted by Gasteiger charge is 2.44. The Morgan fingerprint density at radius 1 is 1.10 bits per heavy atom. The predicted octanol–water partition coefficient (Wildman–Crippen LogP) is 2.43. The van der Waals surface area contributed by atoms with E-state index >= 15 is 0 Å². The van der Waals surface area contributed by atoms with Gasteiger partial charge in [-0.25, -0.2) is 4.39 Å². The molecule has 3 aliphatic rings. The van der Waals surface area contributed by atoms with E-state index in [0.29, 0.717) is 64.4 Å². The lowest BCUT2D eigenvalue weighted by molar-refractivity contribution is -0.384. The van der Waals surface area contributed by atoms with E-state index in [2.05, 4.69) is 10.2 Å². The Morgan fingerprint density at radius 2 is 1.82 bits per heavy atom. The highest BCUT2D eigenvalue weighted by molar-refractivity contribution is 5.98. The van der Waals surface area contributed by atoms with E-state index < -0.39 is 16.8 Å².